The maximum Gasteiger partial charge on any atom is 0.516 e. The summed E-state index contributed by atoms with van der Waals surface area (Å²) in [6.45, 7) is 10.3. The Labute approximate surface area is 271 Å². The predicted molar refractivity (Wildman–Crippen MR) is 179 cm³/mol. The molecule has 256 valence electrons. The number of nitrogens with two attached hydrogens (primary N) is 1. The van der Waals surface area contributed by atoms with Crippen LogP contribution in [-0.2, 0) is 10.0 Å². The molecule has 0 saturated heterocycles. The van der Waals surface area contributed by atoms with Gasteiger partial charge in [0.05, 0.1) is 6.61 Å². The number of rotatable bonds is 21. The number of carbonyl (C=O) groups excluding carboxylic acids is 1. The smallest absolute Gasteiger partial charge is 0.494 e. The van der Waals surface area contributed by atoms with Crippen LogP contribution in [0.15, 0.2) is 48.5 Å². The molecule has 2 aromatic carbocycles. The number of aromatic nitrogens is 1. The van der Waals surface area contributed by atoms with Crippen LogP contribution in [0, 0.1) is 5.92 Å². The number of aromatic amines is 1. The van der Waals surface area contributed by atoms with E-state index in [2.05, 4.69) is 30.7 Å². The van der Waals surface area contributed by atoms with E-state index in [-0.39, 0.29) is 23.8 Å². The number of H-pyrrole nitrogens is 1. The van der Waals surface area contributed by atoms with Crippen LogP contribution in [-0.4, -0.2) is 55.8 Å². The van der Waals surface area contributed by atoms with Crippen LogP contribution in [0.4, 0.5) is 18.9 Å². The molecule has 1 heterocycles. The van der Waals surface area contributed by atoms with E-state index in [1.807, 2.05) is 12.1 Å². The first-order valence-corrected chi connectivity index (χ1v) is 17.8. The molecule has 8 nitrogen and oxygen atoms in total. The van der Waals surface area contributed by atoms with E-state index < -0.39 is 21.6 Å². The summed E-state index contributed by atoms with van der Waals surface area (Å²) in [7, 11) is -5.54. The van der Waals surface area contributed by atoms with Crippen molar-refractivity contribution in [2.75, 3.05) is 31.0 Å². The second kappa shape index (κ2) is 17.7. The number of carbonyl (C=O) groups is 1. The number of fused-ring (bicyclic) bond motifs is 1. The van der Waals surface area contributed by atoms with E-state index in [4.69, 9.17) is 10.5 Å². The number of halogens is 3. The van der Waals surface area contributed by atoms with Gasteiger partial charge in [0.2, 0.25) is 0 Å². The van der Waals surface area contributed by atoms with Gasteiger partial charge in [0, 0.05) is 46.9 Å². The Bertz CT molecular complexity index is 1470. The van der Waals surface area contributed by atoms with Crippen molar-refractivity contribution in [3.05, 3.63) is 59.8 Å². The summed E-state index contributed by atoms with van der Waals surface area (Å²) in [6, 6.07) is 12.4. The van der Waals surface area contributed by atoms with Crippen molar-refractivity contribution in [1.29, 1.82) is 0 Å². The summed E-state index contributed by atoms with van der Waals surface area (Å²) in [6.07, 6.45) is 8.44. The number of nitrogens with zero attached hydrogens (tertiary/aromatic N) is 1. The Kier molecular flexibility index (Phi) is 14.4. The van der Waals surface area contributed by atoms with Gasteiger partial charge in [-0.15, -0.1) is 0 Å². The number of unbranched alkanes of at least 4 members (excludes halogenated alkanes) is 3. The minimum absolute atomic E-state index is 0.0365. The number of hydrogen-bond donors (Lipinski definition) is 3. The molecule has 0 aliphatic rings. The van der Waals surface area contributed by atoms with Crippen LogP contribution >= 0.6 is 0 Å². The van der Waals surface area contributed by atoms with Gasteiger partial charge in [-0.05, 0) is 93.2 Å². The quantitative estimate of drug-likeness (QED) is 0.0780. The molecule has 0 aliphatic heterocycles. The van der Waals surface area contributed by atoms with E-state index in [1.165, 1.54) is 43.9 Å². The zero-order chi connectivity index (χ0) is 33.7. The number of anilines is 1. The molecular formula is C34H49F3N4O4S. The summed E-state index contributed by atoms with van der Waals surface area (Å²) >= 11 is 0. The van der Waals surface area contributed by atoms with Crippen LogP contribution in [0.2, 0.25) is 0 Å². The largest absolute Gasteiger partial charge is 0.516 e. The van der Waals surface area contributed by atoms with Crippen molar-refractivity contribution in [2.24, 2.45) is 11.7 Å². The minimum atomic E-state index is -5.54. The van der Waals surface area contributed by atoms with Crippen LogP contribution in [0.3, 0.4) is 0 Å². The highest BCUT2D eigenvalue weighted by Gasteiger charge is 2.46. The average Bonchev–Trinajstić information content (AvgIpc) is 3.45. The summed E-state index contributed by atoms with van der Waals surface area (Å²) < 4.78 is 69.1. The third kappa shape index (κ3) is 11.0. The lowest BCUT2D eigenvalue weighted by Gasteiger charge is -2.23. The van der Waals surface area contributed by atoms with Gasteiger partial charge in [0.1, 0.15) is 5.75 Å². The Balaban J connectivity index is 1.62. The molecule has 2 atom stereocenters. The number of ether oxygens (including phenoxy) is 1. The third-order valence-corrected chi connectivity index (χ3v) is 9.27. The van der Waals surface area contributed by atoms with Crippen LogP contribution in [0.1, 0.15) is 101 Å². The lowest BCUT2D eigenvalue weighted by molar-refractivity contribution is -0.0429. The van der Waals surface area contributed by atoms with E-state index in [0.717, 1.165) is 44.6 Å². The fraction of sp³-hybridized carbons (Fsp3) is 0.559. The molecule has 2 unspecified atom stereocenters. The fourth-order valence-corrected chi connectivity index (χ4v) is 5.96. The first-order valence-electron chi connectivity index (χ1n) is 16.3. The standard InChI is InChI=1S/C34H49F3N4O4S/c1-4-7-11-26(33(38)31-23-27-22-28(14-17-30(27)39-31)40-46(43,44)34(35,36)37)24-32(42)25-12-15-29(16-13-25)45-21-10-20-41(18-8-5-2)19-9-6-3/h12-17,22-23,26,33,39-40H,4-11,18-21,24,38H2,1-3H3. The molecule has 46 heavy (non-hydrogen) atoms. The number of benzene rings is 2. The highest BCUT2D eigenvalue weighted by molar-refractivity contribution is 7.93. The first kappa shape index (κ1) is 37.4. The Morgan fingerprint density at radius 1 is 0.935 bits per heavy atom. The van der Waals surface area contributed by atoms with E-state index >= 15 is 0 Å². The molecule has 0 radical (unpaired) electrons. The second-order valence-electron chi connectivity index (χ2n) is 11.9. The fourth-order valence-electron chi connectivity index (χ4n) is 5.41. The maximum absolute atomic E-state index is 13.3. The van der Waals surface area contributed by atoms with E-state index in [1.54, 1.807) is 22.9 Å². The molecule has 0 bridgehead atoms. The number of alkyl halides is 3. The summed E-state index contributed by atoms with van der Waals surface area (Å²) in [5.41, 5.74) is 2.81. The normalized spacial score (nSPS) is 13.7. The zero-order valence-electron chi connectivity index (χ0n) is 27.2. The van der Waals surface area contributed by atoms with Gasteiger partial charge in [0.25, 0.3) is 0 Å². The van der Waals surface area contributed by atoms with Crippen molar-refractivity contribution in [1.82, 2.24) is 9.88 Å². The molecule has 1 aromatic heterocycles. The van der Waals surface area contributed by atoms with Crippen molar-refractivity contribution in [2.45, 2.75) is 90.1 Å². The highest BCUT2D eigenvalue weighted by atomic mass is 32.2. The summed E-state index contributed by atoms with van der Waals surface area (Å²) in [5.74, 6) is 0.493. The molecule has 12 heteroatoms. The number of ketones is 1. The van der Waals surface area contributed by atoms with Gasteiger partial charge in [-0.2, -0.15) is 21.6 Å². The molecule has 0 spiro atoms. The molecular weight excluding hydrogens is 617 g/mol. The summed E-state index contributed by atoms with van der Waals surface area (Å²) in [4.78, 5) is 19.0. The summed E-state index contributed by atoms with van der Waals surface area (Å²) in [5, 5.41) is 0.499. The molecule has 4 N–H and O–H groups in total. The third-order valence-electron chi connectivity index (χ3n) is 8.16. The van der Waals surface area contributed by atoms with Crippen molar-refractivity contribution < 1.29 is 31.1 Å². The molecule has 0 aliphatic carbocycles. The van der Waals surface area contributed by atoms with Gasteiger partial charge in [0.15, 0.2) is 5.78 Å². The van der Waals surface area contributed by atoms with E-state index in [0.29, 0.717) is 35.2 Å². The van der Waals surface area contributed by atoms with Gasteiger partial charge < -0.3 is 20.4 Å². The van der Waals surface area contributed by atoms with E-state index in [9.17, 15) is 26.4 Å². The lowest BCUT2D eigenvalue weighted by Crippen LogP contribution is -2.29. The first-order chi connectivity index (χ1) is 21.9. The lowest BCUT2D eigenvalue weighted by atomic mass is 9.86. The molecule has 0 fully saturated rings. The molecule has 3 aromatic rings. The van der Waals surface area contributed by atoms with Gasteiger partial charge in [-0.25, -0.2) is 0 Å². The Morgan fingerprint density at radius 3 is 2.17 bits per heavy atom. The maximum atomic E-state index is 13.3. The predicted octanol–water partition coefficient (Wildman–Crippen LogP) is 8.18. The number of hydrogen-bond acceptors (Lipinski definition) is 6. The van der Waals surface area contributed by atoms with Crippen LogP contribution < -0.4 is 15.2 Å². The van der Waals surface area contributed by atoms with Crippen molar-refractivity contribution in [3.8, 4) is 5.75 Å². The Hall–Kier alpha value is -3.09. The van der Waals surface area contributed by atoms with Gasteiger partial charge in [-0.1, -0.05) is 46.5 Å². The number of sulfonamides is 1. The molecule has 3 rings (SSSR count). The number of nitrogens with one attached hydrogen (secondary N) is 2. The number of Topliss-reactive ketones (excluding diaryl/α,β-unsaturated/α-hetero) is 1. The minimum Gasteiger partial charge on any atom is -0.494 e. The monoisotopic (exact) mass is 666 g/mol. The molecule has 0 amide bonds. The average molecular weight is 667 g/mol. The van der Waals surface area contributed by atoms with Crippen LogP contribution in [0.5, 0.6) is 5.75 Å². The van der Waals surface area contributed by atoms with Crippen LogP contribution in [0.25, 0.3) is 10.9 Å². The zero-order valence-corrected chi connectivity index (χ0v) is 28.0. The van der Waals surface area contributed by atoms with Crippen molar-refractivity contribution in [3.63, 3.8) is 0 Å². The van der Waals surface area contributed by atoms with Gasteiger partial charge in [-0.3, -0.25) is 9.52 Å². The molecule has 0 saturated carbocycles. The Morgan fingerprint density at radius 2 is 1.57 bits per heavy atom. The topological polar surface area (TPSA) is 118 Å². The van der Waals surface area contributed by atoms with Crippen molar-refractivity contribution >= 4 is 32.4 Å². The second-order valence-corrected chi connectivity index (χ2v) is 13.6. The van der Waals surface area contributed by atoms with Gasteiger partial charge >= 0.3 is 15.5 Å². The SMILES string of the molecule is CCCCC(CC(=O)c1ccc(OCCCN(CCCC)CCCC)cc1)C(N)c1cc2cc(NS(=O)(=O)C(F)(F)F)ccc2[nH]1. The highest BCUT2D eigenvalue weighted by Crippen LogP contribution is 2.32.